The fourth-order valence-corrected chi connectivity index (χ4v) is 1.65. The SMILES string of the molecule is CNCc1cccc(Oc2cccc(C(F)(F)F)c2)n1. The van der Waals surface area contributed by atoms with Crippen molar-refractivity contribution in [3.63, 3.8) is 0 Å². The van der Waals surface area contributed by atoms with Crippen molar-refractivity contribution in [2.75, 3.05) is 7.05 Å². The van der Waals surface area contributed by atoms with Gasteiger partial charge in [-0.05, 0) is 31.3 Å². The zero-order valence-electron chi connectivity index (χ0n) is 10.7. The van der Waals surface area contributed by atoms with E-state index in [9.17, 15) is 13.2 Å². The molecule has 2 aromatic rings. The van der Waals surface area contributed by atoms with Crippen molar-refractivity contribution in [2.45, 2.75) is 12.7 Å². The van der Waals surface area contributed by atoms with Crippen LogP contribution in [0.1, 0.15) is 11.3 Å². The number of rotatable bonds is 4. The van der Waals surface area contributed by atoms with E-state index in [1.807, 2.05) is 0 Å². The second kappa shape index (κ2) is 5.92. The highest BCUT2D eigenvalue weighted by Crippen LogP contribution is 2.32. The summed E-state index contributed by atoms with van der Waals surface area (Å²) in [6.07, 6.45) is -4.39. The molecule has 0 aliphatic rings. The summed E-state index contributed by atoms with van der Waals surface area (Å²) in [4.78, 5) is 4.18. The second-order valence-electron chi connectivity index (χ2n) is 4.13. The van der Waals surface area contributed by atoms with E-state index in [1.165, 1.54) is 12.1 Å². The third-order valence-corrected chi connectivity index (χ3v) is 2.52. The Balaban J connectivity index is 2.19. The molecular weight excluding hydrogens is 269 g/mol. The van der Waals surface area contributed by atoms with Gasteiger partial charge in [0.25, 0.3) is 0 Å². The molecule has 20 heavy (non-hydrogen) atoms. The second-order valence-corrected chi connectivity index (χ2v) is 4.13. The van der Waals surface area contributed by atoms with Gasteiger partial charge in [0.1, 0.15) is 5.75 Å². The number of benzene rings is 1. The lowest BCUT2D eigenvalue weighted by Gasteiger charge is -2.10. The smallest absolute Gasteiger partial charge is 0.416 e. The molecule has 0 saturated carbocycles. The monoisotopic (exact) mass is 282 g/mol. The van der Waals surface area contributed by atoms with E-state index >= 15 is 0 Å². The molecule has 0 saturated heterocycles. The molecule has 0 radical (unpaired) electrons. The quantitative estimate of drug-likeness (QED) is 0.930. The van der Waals surface area contributed by atoms with Crippen molar-refractivity contribution in [3.8, 4) is 11.6 Å². The zero-order chi connectivity index (χ0) is 14.6. The highest BCUT2D eigenvalue weighted by atomic mass is 19.4. The molecule has 0 atom stereocenters. The summed E-state index contributed by atoms with van der Waals surface area (Å²) in [5.41, 5.74) is -0.00152. The number of aromatic nitrogens is 1. The minimum atomic E-state index is -4.39. The van der Waals surface area contributed by atoms with Gasteiger partial charge in [-0.2, -0.15) is 13.2 Å². The van der Waals surface area contributed by atoms with E-state index in [-0.39, 0.29) is 11.6 Å². The van der Waals surface area contributed by atoms with Gasteiger partial charge in [0.05, 0.1) is 11.3 Å². The van der Waals surface area contributed by atoms with Crippen LogP contribution in [0.3, 0.4) is 0 Å². The number of ether oxygens (including phenoxy) is 1. The van der Waals surface area contributed by atoms with Crippen molar-refractivity contribution in [3.05, 3.63) is 53.7 Å². The van der Waals surface area contributed by atoms with Crippen molar-refractivity contribution in [2.24, 2.45) is 0 Å². The number of halogens is 3. The van der Waals surface area contributed by atoms with Crippen LogP contribution in [-0.2, 0) is 12.7 Å². The lowest BCUT2D eigenvalue weighted by atomic mass is 10.2. The van der Waals surface area contributed by atoms with Gasteiger partial charge in [-0.3, -0.25) is 0 Å². The number of nitrogens with zero attached hydrogens (tertiary/aromatic N) is 1. The molecule has 0 aliphatic heterocycles. The molecule has 0 bridgehead atoms. The van der Waals surface area contributed by atoms with Crippen LogP contribution < -0.4 is 10.1 Å². The predicted molar refractivity (Wildman–Crippen MR) is 68.5 cm³/mol. The summed E-state index contributed by atoms with van der Waals surface area (Å²) in [6.45, 7) is 0.555. The van der Waals surface area contributed by atoms with E-state index in [0.29, 0.717) is 6.54 Å². The number of hydrogen-bond acceptors (Lipinski definition) is 3. The molecule has 2 rings (SSSR count). The van der Waals surface area contributed by atoms with Crippen LogP contribution in [0, 0.1) is 0 Å². The Labute approximate surface area is 114 Å². The fourth-order valence-electron chi connectivity index (χ4n) is 1.65. The van der Waals surface area contributed by atoms with Crippen LogP contribution in [0.25, 0.3) is 0 Å². The molecule has 0 unspecified atom stereocenters. The van der Waals surface area contributed by atoms with Gasteiger partial charge in [0, 0.05) is 12.6 Å². The minimum Gasteiger partial charge on any atom is -0.439 e. The molecule has 6 heteroatoms. The van der Waals surface area contributed by atoms with Crippen molar-refractivity contribution in [1.29, 1.82) is 0 Å². The predicted octanol–water partition coefficient (Wildman–Crippen LogP) is 3.61. The van der Waals surface area contributed by atoms with Crippen LogP contribution in [0.4, 0.5) is 13.2 Å². The van der Waals surface area contributed by atoms with E-state index in [2.05, 4.69) is 10.3 Å². The molecule has 0 aliphatic carbocycles. The first kappa shape index (κ1) is 14.3. The van der Waals surface area contributed by atoms with E-state index in [0.717, 1.165) is 17.8 Å². The Morgan fingerprint density at radius 3 is 2.60 bits per heavy atom. The molecule has 1 N–H and O–H groups in total. The van der Waals surface area contributed by atoms with Gasteiger partial charge in [0.15, 0.2) is 0 Å². The minimum absolute atomic E-state index is 0.105. The maximum absolute atomic E-state index is 12.6. The number of pyridine rings is 1. The van der Waals surface area contributed by atoms with Gasteiger partial charge in [0.2, 0.25) is 5.88 Å². The summed E-state index contributed by atoms with van der Waals surface area (Å²) >= 11 is 0. The largest absolute Gasteiger partial charge is 0.439 e. The molecule has 1 aromatic carbocycles. The Bertz CT molecular complexity index is 585. The molecule has 1 aromatic heterocycles. The van der Waals surface area contributed by atoms with E-state index < -0.39 is 11.7 Å². The molecule has 1 heterocycles. The standard InChI is InChI=1S/C14H13F3N2O/c1-18-9-11-5-3-7-13(19-11)20-12-6-2-4-10(8-12)14(15,16)17/h2-8,18H,9H2,1H3. The highest BCUT2D eigenvalue weighted by molar-refractivity contribution is 5.33. The van der Waals surface area contributed by atoms with Gasteiger partial charge in [-0.15, -0.1) is 0 Å². The molecule has 0 spiro atoms. The van der Waals surface area contributed by atoms with E-state index in [1.54, 1.807) is 25.2 Å². The van der Waals surface area contributed by atoms with Gasteiger partial charge in [-0.25, -0.2) is 4.98 Å². The first-order chi connectivity index (χ1) is 9.49. The summed E-state index contributed by atoms with van der Waals surface area (Å²) in [7, 11) is 1.78. The number of alkyl halides is 3. The molecule has 106 valence electrons. The van der Waals surface area contributed by atoms with Crippen molar-refractivity contribution < 1.29 is 17.9 Å². The molecular formula is C14H13F3N2O. The van der Waals surface area contributed by atoms with E-state index in [4.69, 9.17) is 4.74 Å². The third-order valence-electron chi connectivity index (χ3n) is 2.52. The maximum Gasteiger partial charge on any atom is 0.416 e. The van der Waals surface area contributed by atoms with Crippen molar-refractivity contribution >= 4 is 0 Å². The first-order valence-corrected chi connectivity index (χ1v) is 5.94. The Morgan fingerprint density at radius 1 is 1.15 bits per heavy atom. The normalized spacial score (nSPS) is 11.4. The lowest BCUT2D eigenvalue weighted by molar-refractivity contribution is -0.137. The number of hydrogen-bond donors (Lipinski definition) is 1. The topological polar surface area (TPSA) is 34.1 Å². The van der Waals surface area contributed by atoms with Crippen LogP contribution >= 0.6 is 0 Å². The Morgan fingerprint density at radius 2 is 1.90 bits per heavy atom. The summed E-state index contributed by atoms with van der Waals surface area (Å²) < 4.78 is 43.1. The van der Waals surface area contributed by atoms with Crippen LogP contribution in [0.15, 0.2) is 42.5 Å². The van der Waals surface area contributed by atoms with Crippen LogP contribution in [-0.4, -0.2) is 12.0 Å². The first-order valence-electron chi connectivity index (χ1n) is 5.94. The summed E-state index contributed by atoms with van der Waals surface area (Å²) in [5, 5.41) is 2.94. The van der Waals surface area contributed by atoms with Gasteiger partial charge < -0.3 is 10.1 Å². The average molecular weight is 282 g/mol. The van der Waals surface area contributed by atoms with Gasteiger partial charge in [-0.1, -0.05) is 12.1 Å². The fraction of sp³-hybridized carbons (Fsp3) is 0.214. The third kappa shape index (κ3) is 3.71. The average Bonchev–Trinajstić information content (AvgIpc) is 2.39. The van der Waals surface area contributed by atoms with Crippen molar-refractivity contribution in [1.82, 2.24) is 10.3 Å². The highest BCUT2D eigenvalue weighted by Gasteiger charge is 2.30. The Hall–Kier alpha value is -2.08. The Kier molecular flexibility index (Phi) is 4.24. The zero-order valence-corrected chi connectivity index (χ0v) is 10.7. The maximum atomic E-state index is 12.6. The summed E-state index contributed by atoms with van der Waals surface area (Å²) in [6, 6.07) is 9.85. The molecule has 3 nitrogen and oxygen atoms in total. The lowest BCUT2D eigenvalue weighted by Crippen LogP contribution is -2.07. The molecule has 0 fully saturated rings. The summed E-state index contributed by atoms with van der Waals surface area (Å²) in [5.74, 6) is 0.367. The van der Waals surface area contributed by atoms with Crippen LogP contribution in [0.2, 0.25) is 0 Å². The number of nitrogens with one attached hydrogen (secondary N) is 1. The van der Waals surface area contributed by atoms with Crippen LogP contribution in [0.5, 0.6) is 11.6 Å². The molecule has 0 amide bonds. The van der Waals surface area contributed by atoms with Gasteiger partial charge >= 0.3 is 6.18 Å².